The van der Waals surface area contributed by atoms with Crippen molar-refractivity contribution in [1.82, 2.24) is 4.98 Å². The average Bonchev–Trinajstić information content (AvgIpc) is 3.43. The van der Waals surface area contributed by atoms with Crippen LogP contribution < -0.4 is 19.1 Å². The van der Waals surface area contributed by atoms with E-state index in [0.717, 1.165) is 33.3 Å². The summed E-state index contributed by atoms with van der Waals surface area (Å²) in [7, 11) is -1.45. The Kier molecular flexibility index (Phi) is 8.67. The van der Waals surface area contributed by atoms with Gasteiger partial charge in [-0.25, -0.2) is 22.1 Å². The van der Waals surface area contributed by atoms with Crippen LogP contribution in [0.25, 0.3) is 0 Å². The van der Waals surface area contributed by atoms with Crippen LogP contribution in [0.1, 0.15) is 24.1 Å². The number of aromatic nitrogens is 1. The predicted octanol–water partition coefficient (Wildman–Crippen LogP) is 7.17. The van der Waals surface area contributed by atoms with Gasteiger partial charge in [0.1, 0.15) is 22.2 Å². The van der Waals surface area contributed by atoms with Gasteiger partial charge < -0.3 is 14.8 Å². The van der Waals surface area contributed by atoms with Gasteiger partial charge >= 0.3 is 0 Å². The standard InChI is InChI=1S/C26H24Cl2FN3O4S2/c1-16(17-5-4-6-19(27)11-17)31-23-14-22(29)25(13-21(23)28)38(33,34)32(26-30-9-10-37-26)15-18-7-8-20(35-2)12-24(18)36-3/h4-14,16,31H,15H2,1-3H3. The number of nitrogens with one attached hydrogen (secondary N) is 1. The average molecular weight is 597 g/mol. The highest BCUT2D eigenvalue weighted by Crippen LogP contribution is 2.36. The Balaban J connectivity index is 1.70. The van der Waals surface area contributed by atoms with Crippen LogP contribution >= 0.6 is 34.5 Å². The molecule has 1 N–H and O–H groups in total. The van der Waals surface area contributed by atoms with Crippen LogP contribution in [0.2, 0.25) is 10.0 Å². The molecule has 0 aliphatic heterocycles. The summed E-state index contributed by atoms with van der Waals surface area (Å²) < 4.78 is 54.8. The normalized spacial score (nSPS) is 12.2. The lowest BCUT2D eigenvalue weighted by Crippen LogP contribution is -2.31. The molecule has 1 atom stereocenters. The van der Waals surface area contributed by atoms with Gasteiger partial charge in [-0.05, 0) is 48.9 Å². The summed E-state index contributed by atoms with van der Waals surface area (Å²) in [5.41, 5.74) is 1.63. The molecule has 4 aromatic rings. The molecule has 0 bridgehead atoms. The second-order valence-electron chi connectivity index (χ2n) is 8.19. The van der Waals surface area contributed by atoms with Gasteiger partial charge in [-0.3, -0.25) is 0 Å². The zero-order valence-corrected chi connectivity index (χ0v) is 23.8. The predicted molar refractivity (Wildman–Crippen MR) is 150 cm³/mol. The Labute approximate surface area is 234 Å². The highest BCUT2D eigenvalue weighted by Gasteiger charge is 2.32. The van der Waals surface area contributed by atoms with Crippen LogP contribution in [-0.4, -0.2) is 27.6 Å². The van der Waals surface area contributed by atoms with Crippen LogP contribution in [0, 0.1) is 5.82 Å². The minimum absolute atomic E-state index is 0.0416. The number of halogens is 3. The fourth-order valence-electron chi connectivity index (χ4n) is 3.78. The van der Waals surface area contributed by atoms with Crippen LogP contribution in [-0.2, 0) is 16.6 Å². The maximum absolute atomic E-state index is 15.4. The van der Waals surface area contributed by atoms with Crippen molar-refractivity contribution in [3.05, 3.63) is 93.2 Å². The zero-order valence-electron chi connectivity index (χ0n) is 20.6. The Bertz CT molecular complexity index is 1540. The van der Waals surface area contributed by atoms with Gasteiger partial charge in [-0.1, -0.05) is 35.3 Å². The molecule has 1 unspecified atom stereocenters. The van der Waals surface area contributed by atoms with Gasteiger partial charge in [-0.15, -0.1) is 11.3 Å². The number of thiazole rings is 1. The largest absolute Gasteiger partial charge is 0.497 e. The van der Waals surface area contributed by atoms with E-state index in [1.54, 1.807) is 41.8 Å². The first-order valence-electron chi connectivity index (χ1n) is 11.3. The van der Waals surface area contributed by atoms with E-state index in [0.29, 0.717) is 22.1 Å². The number of methoxy groups -OCH3 is 2. The number of hydrogen-bond acceptors (Lipinski definition) is 7. The molecule has 4 rings (SSSR count). The van der Waals surface area contributed by atoms with Crippen molar-refractivity contribution in [3.63, 3.8) is 0 Å². The summed E-state index contributed by atoms with van der Waals surface area (Å²) in [4.78, 5) is 3.59. The Hall–Kier alpha value is -3.05. The second kappa shape index (κ2) is 11.8. The van der Waals surface area contributed by atoms with Gasteiger partial charge in [-0.2, -0.15) is 0 Å². The molecule has 0 spiro atoms. The van der Waals surface area contributed by atoms with Gasteiger partial charge in [0.2, 0.25) is 0 Å². The van der Waals surface area contributed by atoms with E-state index in [-0.39, 0.29) is 28.4 Å². The first kappa shape index (κ1) is 28.0. The molecule has 3 aromatic carbocycles. The van der Waals surface area contributed by atoms with Crippen LogP contribution in [0.15, 0.2) is 71.1 Å². The minimum Gasteiger partial charge on any atom is -0.497 e. The molecular formula is C26H24Cl2FN3O4S2. The number of ether oxygens (including phenoxy) is 2. The molecule has 7 nitrogen and oxygen atoms in total. The number of hydrogen-bond donors (Lipinski definition) is 1. The molecule has 0 fully saturated rings. The number of rotatable bonds is 10. The second-order valence-corrected chi connectivity index (χ2v) is 11.7. The smallest absolute Gasteiger partial charge is 0.269 e. The van der Waals surface area contributed by atoms with E-state index >= 15 is 4.39 Å². The Morgan fingerprint density at radius 3 is 2.55 bits per heavy atom. The van der Waals surface area contributed by atoms with Crippen LogP contribution in [0.3, 0.4) is 0 Å². The maximum atomic E-state index is 15.4. The molecule has 0 amide bonds. The van der Waals surface area contributed by atoms with E-state index in [2.05, 4.69) is 10.3 Å². The van der Waals surface area contributed by atoms with E-state index in [1.165, 1.54) is 20.4 Å². The molecular weight excluding hydrogens is 572 g/mol. The number of benzene rings is 3. The fourth-order valence-corrected chi connectivity index (χ4v) is 6.60. The Morgan fingerprint density at radius 2 is 1.89 bits per heavy atom. The maximum Gasteiger partial charge on any atom is 0.269 e. The molecule has 0 saturated carbocycles. The highest BCUT2D eigenvalue weighted by atomic mass is 35.5. The molecule has 12 heteroatoms. The molecule has 0 aliphatic rings. The third-order valence-corrected chi connectivity index (χ3v) is 8.96. The van der Waals surface area contributed by atoms with Crippen molar-refractivity contribution >= 4 is 55.4 Å². The third-order valence-electron chi connectivity index (χ3n) is 5.75. The summed E-state index contributed by atoms with van der Waals surface area (Å²) in [6, 6.07) is 14.1. The quantitative estimate of drug-likeness (QED) is 0.209. The van der Waals surface area contributed by atoms with Crippen molar-refractivity contribution < 1.29 is 22.3 Å². The molecule has 0 saturated heterocycles. The molecule has 200 valence electrons. The number of nitrogens with zero attached hydrogens (tertiary/aromatic N) is 2. The lowest BCUT2D eigenvalue weighted by atomic mass is 10.1. The van der Waals surface area contributed by atoms with E-state index < -0.39 is 20.7 Å². The monoisotopic (exact) mass is 595 g/mol. The summed E-state index contributed by atoms with van der Waals surface area (Å²) in [5, 5.41) is 5.52. The summed E-state index contributed by atoms with van der Waals surface area (Å²) in [6.45, 7) is 1.70. The number of sulfonamides is 1. The van der Waals surface area contributed by atoms with Crippen molar-refractivity contribution in [2.24, 2.45) is 0 Å². The minimum atomic E-state index is -4.43. The molecule has 0 radical (unpaired) electrons. The van der Waals surface area contributed by atoms with Crippen molar-refractivity contribution in [3.8, 4) is 11.5 Å². The summed E-state index contributed by atoms with van der Waals surface area (Å²) in [5.74, 6) is -0.00483. The highest BCUT2D eigenvalue weighted by molar-refractivity contribution is 7.93. The van der Waals surface area contributed by atoms with E-state index in [4.69, 9.17) is 32.7 Å². The first-order chi connectivity index (χ1) is 18.1. The molecule has 38 heavy (non-hydrogen) atoms. The van der Waals surface area contributed by atoms with Gasteiger partial charge in [0.15, 0.2) is 5.13 Å². The molecule has 1 heterocycles. The SMILES string of the molecule is COc1ccc(CN(c2nccs2)S(=O)(=O)c2cc(Cl)c(NC(C)c3cccc(Cl)c3)cc2F)c(OC)c1. The lowest BCUT2D eigenvalue weighted by Gasteiger charge is -2.24. The topological polar surface area (TPSA) is 80.8 Å². The third kappa shape index (κ3) is 5.99. The Morgan fingerprint density at radius 1 is 1.11 bits per heavy atom. The van der Waals surface area contributed by atoms with Crippen molar-refractivity contribution in [2.45, 2.75) is 24.4 Å². The van der Waals surface area contributed by atoms with Crippen molar-refractivity contribution in [1.29, 1.82) is 0 Å². The summed E-state index contributed by atoms with van der Waals surface area (Å²) >= 11 is 13.6. The van der Waals surface area contributed by atoms with E-state index in [1.807, 2.05) is 13.0 Å². The molecule has 1 aromatic heterocycles. The summed E-state index contributed by atoms with van der Waals surface area (Å²) in [6.07, 6.45) is 1.47. The lowest BCUT2D eigenvalue weighted by molar-refractivity contribution is 0.391. The molecule has 0 aliphatic carbocycles. The number of anilines is 2. The van der Waals surface area contributed by atoms with Gasteiger partial charge in [0.05, 0.1) is 31.5 Å². The first-order valence-corrected chi connectivity index (χ1v) is 14.4. The van der Waals surface area contributed by atoms with E-state index in [9.17, 15) is 8.42 Å². The van der Waals surface area contributed by atoms with Crippen LogP contribution in [0.4, 0.5) is 15.2 Å². The van der Waals surface area contributed by atoms with Crippen LogP contribution in [0.5, 0.6) is 11.5 Å². The zero-order chi connectivity index (χ0) is 27.4. The van der Waals surface area contributed by atoms with Gasteiger partial charge in [0, 0.05) is 34.3 Å². The fraction of sp³-hybridized carbons (Fsp3) is 0.192. The van der Waals surface area contributed by atoms with Crippen molar-refractivity contribution in [2.75, 3.05) is 23.8 Å². The van der Waals surface area contributed by atoms with Gasteiger partial charge in [0.25, 0.3) is 10.0 Å².